The third-order valence-electron chi connectivity index (χ3n) is 3.60. The van der Waals surface area contributed by atoms with Crippen molar-refractivity contribution in [3.63, 3.8) is 0 Å². The van der Waals surface area contributed by atoms with E-state index in [1.807, 2.05) is 0 Å². The molecule has 11 heteroatoms. The maximum absolute atomic E-state index is 12.7. The number of carbonyl (C=O) groups excluding carboxylic acids is 1. The predicted octanol–water partition coefficient (Wildman–Crippen LogP) is 5.45. The Labute approximate surface area is 180 Å². The Morgan fingerprint density at radius 3 is 2.16 bits per heavy atom. The topological polar surface area (TPSA) is 89.9 Å². The third kappa shape index (κ3) is 6.38. The van der Waals surface area contributed by atoms with Crippen LogP contribution in [0, 0.1) is 0 Å². The number of hydrogen-bond donors (Lipinski definition) is 1. The fraction of sp³-hybridized carbons (Fsp3) is 0.250. The van der Waals surface area contributed by atoms with Gasteiger partial charge in [0.15, 0.2) is 0 Å². The van der Waals surface area contributed by atoms with Gasteiger partial charge in [-0.25, -0.2) is 19.7 Å². The first kappa shape index (κ1) is 22.5. The van der Waals surface area contributed by atoms with Gasteiger partial charge in [0, 0.05) is 35.2 Å². The number of amides is 1. The van der Waals surface area contributed by atoms with Crippen molar-refractivity contribution in [3.05, 3.63) is 54.6 Å². The van der Waals surface area contributed by atoms with Gasteiger partial charge in [-0.05, 0) is 45.0 Å². The van der Waals surface area contributed by atoms with Crippen molar-refractivity contribution in [1.29, 1.82) is 0 Å². The molecular formula is C20H18F3N5O2S. The number of aromatic nitrogens is 4. The van der Waals surface area contributed by atoms with Gasteiger partial charge >= 0.3 is 12.3 Å². The summed E-state index contributed by atoms with van der Waals surface area (Å²) in [6, 6.07) is 4.77. The lowest BCUT2D eigenvalue weighted by atomic mass is 10.2. The molecule has 162 valence electrons. The van der Waals surface area contributed by atoms with Gasteiger partial charge in [0.05, 0.1) is 5.56 Å². The van der Waals surface area contributed by atoms with Gasteiger partial charge in [-0.2, -0.15) is 13.2 Å². The fourth-order valence-electron chi connectivity index (χ4n) is 2.33. The highest BCUT2D eigenvalue weighted by molar-refractivity contribution is 7.99. The predicted molar refractivity (Wildman–Crippen MR) is 108 cm³/mol. The van der Waals surface area contributed by atoms with Crippen molar-refractivity contribution < 1.29 is 22.7 Å². The molecule has 0 saturated carbocycles. The molecule has 3 aromatic rings. The number of benzene rings is 1. The molecule has 31 heavy (non-hydrogen) atoms. The Kier molecular flexibility index (Phi) is 6.44. The normalized spacial score (nSPS) is 11.8. The molecule has 0 radical (unpaired) electrons. The Balaban J connectivity index is 1.76. The average molecular weight is 449 g/mol. The van der Waals surface area contributed by atoms with Gasteiger partial charge in [0.1, 0.15) is 16.3 Å². The van der Waals surface area contributed by atoms with E-state index in [1.54, 1.807) is 20.8 Å². The number of anilines is 1. The molecule has 0 spiro atoms. The smallest absolute Gasteiger partial charge is 0.416 e. The van der Waals surface area contributed by atoms with Gasteiger partial charge in [-0.1, -0.05) is 11.8 Å². The van der Waals surface area contributed by atoms with E-state index >= 15 is 0 Å². The molecule has 1 amide bonds. The molecule has 0 unspecified atom stereocenters. The Morgan fingerprint density at radius 1 is 0.968 bits per heavy atom. The van der Waals surface area contributed by atoms with Crippen LogP contribution in [0.25, 0.3) is 11.3 Å². The molecule has 1 aromatic carbocycles. The highest BCUT2D eigenvalue weighted by Gasteiger charge is 2.30. The first-order valence-electron chi connectivity index (χ1n) is 9.00. The van der Waals surface area contributed by atoms with E-state index in [-0.39, 0.29) is 5.95 Å². The molecule has 2 aromatic heterocycles. The van der Waals surface area contributed by atoms with E-state index in [9.17, 15) is 18.0 Å². The van der Waals surface area contributed by atoms with Crippen molar-refractivity contribution in [2.45, 2.75) is 42.5 Å². The molecule has 0 aliphatic heterocycles. The van der Waals surface area contributed by atoms with Crippen LogP contribution in [-0.2, 0) is 10.9 Å². The summed E-state index contributed by atoms with van der Waals surface area (Å²) in [4.78, 5) is 29.1. The standard InChI is InChI=1S/C20H18F3N5O2S/c1-19(2,3)30-18(29)28-17-26-10-12(11-27-17)15-16(25-9-8-24-15)31-14-6-4-13(5-7-14)20(21,22)23/h4-11H,1-3H3,(H,26,27,28,29). The van der Waals surface area contributed by atoms with Crippen LogP contribution in [0.15, 0.2) is 59.0 Å². The van der Waals surface area contributed by atoms with Gasteiger partial charge in [-0.3, -0.25) is 10.3 Å². The van der Waals surface area contributed by atoms with Gasteiger partial charge in [0.25, 0.3) is 0 Å². The first-order valence-corrected chi connectivity index (χ1v) is 9.81. The zero-order valence-corrected chi connectivity index (χ0v) is 17.6. The molecule has 2 heterocycles. The van der Waals surface area contributed by atoms with E-state index in [0.717, 1.165) is 23.9 Å². The number of carbonyl (C=O) groups is 1. The van der Waals surface area contributed by atoms with Crippen LogP contribution in [-0.4, -0.2) is 31.6 Å². The zero-order chi connectivity index (χ0) is 22.6. The number of hydrogen-bond acceptors (Lipinski definition) is 7. The lowest BCUT2D eigenvalue weighted by molar-refractivity contribution is -0.137. The van der Waals surface area contributed by atoms with E-state index in [0.29, 0.717) is 21.2 Å². The van der Waals surface area contributed by atoms with Crippen LogP contribution in [0.2, 0.25) is 0 Å². The molecule has 1 N–H and O–H groups in total. The molecule has 3 rings (SSSR count). The van der Waals surface area contributed by atoms with Crippen LogP contribution >= 0.6 is 11.8 Å². The van der Waals surface area contributed by atoms with E-state index in [1.165, 1.54) is 36.9 Å². The van der Waals surface area contributed by atoms with Gasteiger partial charge in [0.2, 0.25) is 5.95 Å². The van der Waals surface area contributed by atoms with Crippen molar-refractivity contribution in [2.75, 3.05) is 5.32 Å². The number of ether oxygens (including phenoxy) is 1. The molecule has 0 aliphatic rings. The van der Waals surface area contributed by atoms with E-state index in [2.05, 4.69) is 25.3 Å². The van der Waals surface area contributed by atoms with Crippen LogP contribution < -0.4 is 5.32 Å². The number of nitrogens with zero attached hydrogens (tertiary/aromatic N) is 4. The van der Waals surface area contributed by atoms with Crippen molar-refractivity contribution in [1.82, 2.24) is 19.9 Å². The molecule has 0 aliphatic carbocycles. The number of alkyl halides is 3. The monoisotopic (exact) mass is 449 g/mol. The van der Waals surface area contributed by atoms with Crippen molar-refractivity contribution >= 4 is 23.8 Å². The fourth-order valence-corrected chi connectivity index (χ4v) is 3.21. The molecule has 0 saturated heterocycles. The Bertz CT molecular complexity index is 1050. The van der Waals surface area contributed by atoms with Crippen LogP contribution in [0.3, 0.4) is 0 Å². The highest BCUT2D eigenvalue weighted by Crippen LogP contribution is 2.35. The van der Waals surface area contributed by atoms with Crippen LogP contribution in [0.5, 0.6) is 0 Å². The molecule has 0 bridgehead atoms. The minimum absolute atomic E-state index is 0.0545. The lowest BCUT2D eigenvalue weighted by Gasteiger charge is -2.19. The minimum atomic E-state index is -4.40. The quantitative estimate of drug-likeness (QED) is 0.566. The summed E-state index contributed by atoms with van der Waals surface area (Å²) in [5.41, 5.74) is -0.403. The SMILES string of the molecule is CC(C)(C)OC(=O)Nc1ncc(-c2nccnc2Sc2ccc(C(F)(F)F)cc2)cn1. The summed E-state index contributed by atoms with van der Waals surface area (Å²) >= 11 is 1.16. The molecular weight excluding hydrogens is 431 g/mol. The third-order valence-corrected chi connectivity index (χ3v) is 4.60. The lowest BCUT2D eigenvalue weighted by Crippen LogP contribution is -2.27. The van der Waals surface area contributed by atoms with Crippen LogP contribution in [0.1, 0.15) is 26.3 Å². The van der Waals surface area contributed by atoms with E-state index < -0.39 is 23.4 Å². The molecule has 0 atom stereocenters. The van der Waals surface area contributed by atoms with Crippen molar-refractivity contribution in [3.8, 4) is 11.3 Å². The minimum Gasteiger partial charge on any atom is -0.444 e. The molecule has 7 nitrogen and oxygen atoms in total. The van der Waals surface area contributed by atoms with Crippen LogP contribution in [0.4, 0.5) is 23.9 Å². The summed E-state index contributed by atoms with van der Waals surface area (Å²) in [6.07, 6.45) is 0.807. The number of rotatable bonds is 4. The summed E-state index contributed by atoms with van der Waals surface area (Å²) < 4.78 is 43.4. The second kappa shape index (κ2) is 8.88. The Hall–Kier alpha value is -3.21. The number of nitrogens with one attached hydrogen (secondary N) is 1. The zero-order valence-electron chi connectivity index (χ0n) is 16.8. The largest absolute Gasteiger partial charge is 0.444 e. The van der Waals surface area contributed by atoms with Crippen molar-refractivity contribution in [2.24, 2.45) is 0 Å². The maximum Gasteiger partial charge on any atom is 0.416 e. The number of halogens is 3. The average Bonchev–Trinajstić information content (AvgIpc) is 2.67. The summed E-state index contributed by atoms with van der Waals surface area (Å²) in [7, 11) is 0. The Morgan fingerprint density at radius 2 is 1.58 bits per heavy atom. The van der Waals surface area contributed by atoms with Gasteiger partial charge in [-0.15, -0.1) is 0 Å². The first-order chi connectivity index (χ1) is 14.5. The van der Waals surface area contributed by atoms with Gasteiger partial charge < -0.3 is 4.74 Å². The van der Waals surface area contributed by atoms with E-state index in [4.69, 9.17) is 4.74 Å². The maximum atomic E-state index is 12.7. The summed E-state index contributed by atoms with van der Waals surface area (Å²) in [5, 5.41) is 2.90. The second-order valence-electron chi connectivity index (χ2n) is 7.26. The summed E-state index contributed by atoms with van der Waals surface area (Å²) in [6.45, 7) is 5.21. The molecule has 0 fully saturated rings. The highest BCUT2D eigenvalue weighted by atomic mass is 32.2. The second-order valence-corrected chi connectivity index (χ2v) is 8.32. The summed E-state index contributed by atoms with van der Waals surface area (Å²) in [5.74, 6) is 0.0545.